The average molecular weight is 464 g/mol. The van der Waals surface area contributed by atoms with Gasteiger partial charge in [0.25, 0.3) is 11.8 Å². The van der Waals surface area contributed by atoms with Gasteiger partial charge in [-0.25, -0.2) is 9.98 Å². The normalized spacial score (nSPS) is 15.0. The zero-order chi connectivity index (χ0) is 24.0. The Kier molecular flexibility index (Phi) is 6.07. The molecule has 172 valence electrons. The van der Waals surface area contributed by atoms with Gasteiger partial charge in [0.1, 0.15) is 5.82 Å². The molecule has 1 aliphatic heterocycles. The number of aliphatic imine (C=N–C) groups is 1. The summed E-state index contributed by atoms with van der Waals surface area (Å²) in [6.07, 6.45) is 4.90. The molecule has 5 rings (SSSR count). The number of aromatic nitrogens is 3. The Hall–Kier alpha value is -5.12. The highest BCUT2D eigenvalue weighted by molar-refractivity contribution is 6.19. The third kappa shape index (κ3) is 4.81. The van der Waals surface area contributed by atoms with Crippen LogP contribution in [0.5, 0.6) is 0 Å². The van der Waals surface area contributed by atoms with Gasteiger partial charge in [0.15, 0.2) is 0 Å². The van der Waals surface area contributed by atoms with Crippen LogP contribution < -0.4 is 16.0 Å². The van der Waals surface area contributed by atoms with E-state index in [0.29, 0.717) is 22.8 Å². The van der Waals surface area contributed by atoms with Crippen molar-refractivity contribution in [1.29, 1.82) is 5.41 Å². The first-order valence-electron chi connectivity index (χ1n) is 10.7. The number of pyridine rings is 1. The summed E-state index contributed by atoms with van der Waals surface area (Å²) in [5.41, 5.74) is 3.65. The molecule has 10 heteroatoms. The predicted octanol–water partition coefficient (Wildman–Crippen LogP) is 3.93. The number of hydrogen-bond acceptors (Lipinski definition) is 9. The van der Waals surface area contributed by atoms with Crippen LogP contribution in [0, 0.1) is 5.41 Å². The number of nitrogens with one attached hydrogen (secondary N) is 4. The second-order valence-electron chi connectivity index (χ2n) is 7.44. The van der Waals surface area contributed by atoms with E-state index in [1.165, 1.54) is 0 Å². The van der Waals surface area contributed by atoms with E-state index in [0.717, 1.165) is 17.3 Å². The minimum Gasteiger partial charge on any atom is -0.403 e. The van der Waals surface area contributed by atoms with E-state index < -0.39 is 6.17 Å². The summed E-state index contributed by atoms with van der Waals surface area (Å²) in [5, 5.41) is 23.9. The molecule has 4 aromatic rings. The predicted molar refractivity (Wildman–Crippen MR) is 134 cm³/mol. The monoisotopic (exact) mass is 464 g/mol. The number of benzodiazepines with no additional fused rings is 1. The van der Waals surface area contributed by atoms with Gasteiger partial charge in [-0.05, 0) is 24.3 Å². The van der Waals surface area contributed by atoms with E-state index in [2.05, 4.69) is 31.1 Å². The van der Waals surface area contributed by atoms with E-state index >= 15 is 0 Å². The molecule has 0 radical (unpaired) electrons. The lowest BCUT2D eigenvalue weighted by atomic mass is 10.0. The van der Waals surface area contributed by atoms with Gasteiger partial charge in [-0.2, -0.15) is 0 Å². The van der Waals surface area contributed by atoms with E-state index in [4.69, 9.17) is 14.8 Å². The maximum atomic E-state index is 13.0. The van der Waals surface area contributed by atoms with Crippen LogP contribution in [0.25, 0.3) is 11.5 Å². The topological polar surface area (TPSA) is 141 Å². The number of rotatable bonds is 7. The lowest BCUT2D eigenvalue weighted by Crippen LogP contribution is -2.32. The number of allylic oxidation sites excluding steroid dienone is 1. The number of carbonyl (C=O) groups excluding carboxylic acids is 1. The summed E-state index contributed by atoms with van der Waals surface area (Å²) in [6, 6.07) is 20.7. The van der Waals surface area contributed by atoms with Crippen LogP contribution in [0.15, 0.2) is 94.6 Å². The molecule has 0 fully saturated rings. The van der Waals surface area contributed by atoms with E-state index in [1.54, 1.807) is 30.6 Å². The summed E-state index contributed by atoms with van der Waals surface area (Å²) in [5.74, 6) is 0.492. The Morgan fingerprint density at radius 1 is 0.971 bits per heavy atom. The van der Waals surface area contributed by atoms with E-state index in [1.807, 2.05) is 54.6 Å². The second-order valence-corrected chi connectivity index (χ2v) is 7.44. The van der Waals surface area contributed by atoms with Crippen LogP contribution in [-0.4, -0.2) is 39.2 Å². The molecule has 0 saturated carbocycles. The van der Waals surface area contributed by atoms with Gasteiger partial charge in [-0.3, -0.25) is 4.79 Å². The third-order valence-corrected chi connectivity index (χ3v) is 5.11. The smallest absolute Gasteiger partial charge is 0.317 e. The van der Waals surface area contributed by atoms with Gasteiger partial charge in [-0.1, -0.05) is 53.6 Å². The molecular weight excluding hydrogens is 444 g/mol. The number of fused-ring (bicyclic) bond motifs is 1. The van der Waals surface area contributed by atoms with Gasteiger partial charge in [0.2, 0.25) is 6.17 Å². The van der Waals surface area contributed by atoms with Crippen molar-refractivity contribution in [2.24, 2.45) is 4.99 Å². The van der Waals surface area contributed by atoms with Gasteiger partial charge < -0.3 is 25.8 Å². The Labute approximate surface area is 200 Å². The molecule has 2 aromatic carbocycles. The third-order valence-electron chi connectivity index (χ3n) is 5.11. The summed E-state index contributed by atoms with van der Waals surface area (Å²) < 4.78 is 5.73. The molecule has 1 atom stereocenters. The number of carbonyl (C=O) groups is 1. The molecule has 0 aliphatic carbocycles. The second kappa shape index (κ2) is 9.79. The van der Waals surface area contributed by atoms with Crippen LogP contribution in [0.2, 0.25) is 0 Å². The van der Waals surface area contributed by atoms with Crippen molar-refractivity contribution in [2.75, 3.05) is 16.0 Å². The zero-order valence-corrected chi connectivity index (χ0v) is 18.3. The Morgan fingerprint density at radius 3 is 2.60 bits per heavy atom. The summed E-state index contributed by atoms with van der Waals surface area (Å²) in [4.78, 5) is 22.0. The maximum absolute atomic E-state index is 13.0. The fourth-order valence-electron chi connectivity index (χ4n) is 3.48. The standard InChI is InChI=1S/C25H20N8O2/c26-13-6-14-27-20-12-11-17(15-28-20)24-32-33-25(35-24)31-22-23(34)29-19-10-5-4-9-18(19)21(30-22)16-7-2-1-3-8-16/h1-15,22,26H,(H,27,28)(H,29,34)(H,31,33)/b14-6-,26-13?. The molecule has 3 heterocycles. The molecule has 1 amide bonds. The molecule has 0 spiro atoms. The van der Waals surface area contributed by atoms with Crippen molar-refractivity contribution < 1.29 is 9.21 Å². The molecule has 1 unspecified atom stereocenters. The van der Waals surface area contributed by atoms with E-state index in [9.17, 15) is 4.79 Å². The number of anilines is 3. The maximum Gasteiger partial charge on any atom is 0.317 e. The van der Waals surface area contributed by atoms with Crippen molar-refractivity contribution in [2.45, 2.75) is 6.17 Å². The van der Waals surface area contributed by atoms with E-state index in [-0.39, 0.29) is 17.8 Å². The van der Waals surface area contributed by atoms with Crippen LogP contribution in [0.4, 0.5) is 17.5 Å². The quantitative estimate of drug-likeness (QED) is 0.304. The van der Waals surface area contributed by atoms with Crippen molar-refractivity contribution in [3.05, 3.63) is 96.3 Å². The zero-order valence-electron chi connectivity index (χ0n) is 18.3. The van der Waals surface area contributed by atoms with Gasteiger partial charge >= 0.3 is 6.01 Å². The minimum atomic E-state index is -0.990. The van der Waals surface area contributed by atoms with Crippen molar-refractivity contribution in [3.8, 4) is 11.5 Å². The molecule has 0 bridgehead atoms. The first kappa shape index (κ1) is 21.7. The van der Waals surface area contributed by atoms with Crippen molar-refractivity contribution in [1.82, 2.24) is 15.2 Å². The van der Waals surface area contributed by atoms with Crippen LogP contribution in [0.3, 0.4) is 0 Å². The molecule has 10 nitrogen and oxygen atoms in total. The SMILES string of the molecule is N=C/C=C\Nc1ccc(-c2nnc(NC3N=C(c4ccccc4)c4ccccc4NC3=O)o2)cn1. The highest BCUT2D eigenvalue weighted by Crippen LogP contribution is 2.25. The van der Waals surface area contributed by atoms with Crippen molar-refractivity contribution in [3.63, 3.8) is 0 Å². The summed E-state index contributed by atoms with van der Waals surface area (Å²) in [7, 11) is 0. The summed E-state index contributed by atoms with van der Waals surface area (Å²) in [6.45, 7) is 0. The van der Waals surface area contributed by atoms with Crippen molar-refractivity contribution >= 4 is 35.4 Å². The molecule has 1 aliphatic rings. The molecule has 2 aromatic heterocycles. The average Bonchev–Trinajstić information content (AvgIpc) is 3.31. The fourth-order valence-corrected chi connectivity index (χ4v) is 3.48. The van der Waals surface area contributed by atoms with Gasteiger partial charge in [0.05, 0.1) is 17.0 Å². The first-order chi connectivity index (χ1) is 17.2. The highest BCUT2D eigenvalue weighted by atomic mass is 16.4. The number of benzene rings is 2. The van der Waals surface area contributed by atoms with Gasteiger partial charge in [0, 0.05) is 29.7 Å². The Morgan fingerprint density at radius 2 is 1.80 bits per heavy atom. The number of para-hydroxylation sites is 1. The molecule has 0 saturated heterocycles. The molecule has 4 N–H and O–H groups in total. The first-order valence-corrected chi connectivity index (χ1v) is 10.7. The lowest BCUT2D eigenvalue weighted by Gasteiger charge is -2.11. The summed E-state index contributed by atoms with van der Waals surface area (Å²) >= 11 is 0. The Balaban J connectivity index is 1.40. The molecule has 35 heavy (non-hydrogen) atoms. The largest absolute Gasteiger partial charge is 0.403 e. The fraction of sp³-hybridized carbons (Fsp3) is 0.0400. The molecular formula is C25H20N8O2. The minimum absolute atomic E-state index is 0.0541. The number of hydrogen-bond donors (Lipinski definition) is 4. The number of amides is 1. The van der Waals surface area contributed by atoms with Crippen LogP contribution in [-0.2, 0) is 4.79 Å². The van der Waals surface area contributed by atoms with Gasteiger partial charge in [-0.15, -0.1) is 5.10 Å². The lowest BCUT2D eigenvalue weighted by molar-refractivity contribution is -0.116. The van der Waals surface area contributed by atoms with Crippen LogP contribution >= 0.6 is 0 Å². The highest BCUT2D eigenvalue weighted by Gasteiger charge is 2.27. The number of nitrogens with zero attached hydrogens (tertiary/aromatic N) is 4. The Bertz CT molecular complexity index is 1410. The van der Waals surface area contributed by atoms with Crippen LogP contribution in [0.1, 0.15) is 11.1 Å².